The van der Waals surface area contributed by atoms with E-state index in [9.17, 15) is 4.39 Å². The lowest BCUT2D eigenvalue weighted by molar-refractivity contribution is 0.280. The van der Waals surface area contributed by atoms with Crippen molar-refractivity contribution in [2.75, 3.05) is 0 Å². The molecule has 156 valence electrons. The zero-order valence-corrected chi connectivity index (χ0v) is 19.7. The number of benzene rings is 2. The molecule has 4 heteroatoms. The average Bonchev–Trinajstić information content (AvgIpc) is 2.76. The minimum atomic E-state index is -0.817. The molecule has 2 aliphatic rings. The molecule has 2 aromatic rings. The van der Waals surface area contributed by atoms with Gasteiger partial charge in [-0.15, -0.1) is 0 Å². The molecular formula is C25H31Cl2FSi. The van der Waals surface area contributed by atoms with Crippen molar-refractivity contribution in [2.45, 2.75) is 69.4 Å². The van der Waals surface area contributed by atoms with E-state index < -0.39 is 8.11 Å². The van der Waals surface area contributed by atoms with Crippen LogP contribution in [0.1, 0.15) is 62.8 Å². The Balaban J connectivity index is 1.27. The van der Waals surface area contributed by atoms with Gasteiger partial charge in [0.05, 0.1) is 5.02 Å². The Kier molecular flexibility index (Phi) is 7.37. The number of rotatable bonds is 5. The van der Waals surface area contributed by atoms with Gasteiger partial charge >= 0.3 is 0 Å². The Bertz CT molecular complexity index is 791. The molecule has 0 aromatic heterocycles. The predicted octanol–water partition coefficient (Wildman–Crippen LogP) is 8.57. The van der Waals surface area contributed by atoms with Gasteiger partial charge in [-0.3, -0.25) is 0 Å². The van der Waals surface area contributed by atoms with Gasteiger partial charge in [-0.2, -0.15) is 11.1 Å². The highest BCUT2D eigenvalue weighted by Crippen LogP contribution is 2.40. The Morgan fingerprint density at radius 1 is 0.793 bits per heavy atom. The Labute approximate surface area is 186 Å². The van der Waals surface area contributed by atoms with Crippen molar-refractivity contribution in [3.8, 4) is 11.1 Å². The molecular weight excluding hydrogens is 418 g/mol. The number of halogens is 3. The maximum Gasteiger partial charge on any atom is 0.142 e. The fourth-order valence-electron chi connectivity index (χ4n) is 5.29. The number of hydrogen-bond acceptors (Lipinski definition) is 0. The molecule has 0 N–H and O–H groups in total. The first-order chi connectivity index (χ1) is 14.1. The highest BCUT2D eigenvalue weighted by Gasteiger charge is 2.25. The Hall–Kier alpha value is -0.833. The fraction of sp³-hybridized carbons (Fsp3) is 0.520. The van der Waals surface area contributed by atoms with E-state index >= 15 is 0 Å². The highest BCUT2D eigenvalue weighted by molar-refractivity contribution is 7.07. The Morgan fingerprint density at radius 2 is 1.38 bits per heavy atom. The summed E-state index contributed by atoms with van der Waals surface area (Å²) in [6.45, 7) is 0. The quantitative estimate of drug-likeness (QED) is 0.317. The van der Waals surface area contributed by atoms with Crippen molar-refractivity contribution < 1.29 is 4.39 Å². The van der Waals surface area contributed by atoms with Crippen LogP contribution in [0.3, 0.4) is 0 Å². The lowest BCUT2D eigenvalue weighted by atomic mass is 9.76. The van der Waals surface area contributed by atoms with Crippen molar-refractivity contribution in [2.24, 2.45) is 11.8 Å². The molecule has 2 aromatic carbocycles. The van der Waals surface area contributed by atoms with Crippen LogP contribution < -0.4 is 0 Å². The van der Waals surface area contributed by atoms with Crippen LogP contribution in [0.5, 0.6) is 0 Å². The molecule has 29 heavy (non-hydrogen) atoms. The lowest BCUT2D eigenvalue weighted by Crippen LogP contribution is -2.18. The molecule has 0 bridgehead atoms. The Morgan fingerprint density at radius 3 is 2.00 bits per heavy atom. The maximum atomic E-state index is 13.7. The van der Waals surface area contributed by atoms with Crippen molar-refractivity contribution >= 4 is 30.8 Å². The largest absolute Gasteiger partial charge is 0.205 e. The monoisotopic (exact) mass is 448 g/mol. The molecule has 0 unspecified atom stereocenters. The van der Waals surface area contributed by atoms with Gasteiger partial charge in [0.25, 0.3) is 0 Å². The molecule has 1 aliphatic heterocycles. The average molecular weight is 450 g/mol. The third-order valence-electron chi connectivity index (χ3n) is 7.24. The zero-order valence-electron chi connectivity index (χ0n) is 17.1. The highest BCUT2D eigenvalue weighted by atomic mass is 35.6. The van der Waals surface area contributed by atoms with Crippen molar-refractivity contribution in [1.29, 1.82) is 0 Å². The van der Waals surface area contributed by atoms with Crippen LogP contribution in [0.4, 0.5) is 4.39 Å². The molecule has 0 atom stereocenters. The second kappa shape index (κ2) is 9.98. The van der Waals surface area contributed by atoms with Crippen LogP contribution in [0, 0.1) is 17.7 Å². The van der Waals surface area contributed by atoms with E-state index in [-0.39, 0.29) is 10.8 Å². The van der Waals surface area contributed by atoms with E-state index in [1.807, 2.05) is 6.07 Å². The summed E-state index contributed by atoms with van der Waals surface area (Å²) in [6.07, 6.45) is 11.0. The van der Waals surface area contributed by atoms with Gasteiger partial charge < -0.3 is 0 Å². The van der Waals surface area contributed by atoms with E-state index in [2.05, 4.69) is 24.3 Å². The predicted molar refractivity (Wildman–Crippen MR) is 126 cm³/mol. The van der Waals surface area contributed by atoms with Crippen LogP contribution in [-0.4, -0.2) is 8.11 Å². The van der Waals surface area contributed by atoms with Crippen LogP contribution in [0.25, 0.3) is 11.1 Å². The topological polar surface area (TPSA) is 0 Å². The molecule has 0 nitrogen and oxygen atoms in total. The summed E-state index contributed by atoms with van der Waals surface area (Å²) in [7, 11) is -0.817. The smallest absolute Gasteiger partial charge is 0.142 e. The summed E-state index contributed by atoms with van der Waals surface area (Å²) in [4.78, 5) is 0. The van der Waals surface area contributed by atoms with E-state index in [0.29, 0.717) is 5.92 Å². The van der Waals surface area contributed by atoms with Crippen LogP contribution in [0.15, 0.2) is 42.5 Å². The third kappa shape index (κ3) is 5.65. The SMILES string of the molecule is Fc1cc(-c2ccc(C3CCC(CCC4CC[SiH](Cl)CC4)CC3)cc2)ccc1Cl. The van der Waals surface area contributed by atoms with Gasteiger partial charge in [0.15, 0.2) is 0 Å². The fourth-order valence-corrected chi connectivity index (χ4v) is 8.12. The van der Waals surface area contributed by atoms with Crippen molar-refractivity contribution in [3.05, 3.63) is 58.9 Å². The minimum absolute atomic E-state index is 0.177. The first kappa shape index (κ1) is 21.4. The molecule has 2 fully saturated rings. The van der Waals surface area contributed by atoms with Crippen molar-refractivity contribution in [1.82, 2.24) is 0 Å². The van der Waals surface area contributed by atoms with Gasteiger partial charge in [-0.25, -0.2) is 4.39 Å². The molecule has 0 spiro atoms. The van der Waals surface area contributed by atoms with Crippen LogP contribution in [-0.2, 0) is 0 Å². The number of hydrogen-bond donors (Lipinski definition) is 0. The first-order valence-corrected chi connectivity index (χ1v) is 15.0. The van der Waals surface area contributed by atoms with Gasteiger partial charge in [0.1, 0.15) is 13.9 Å². The van der Waals surface area contributed by atoms with Crippen LogP contribution >= 0.6 is 22.7 Å². The van der Waals surface area contributed by atoms with Gasteiger partial charge in [-0.05, 0) is 84.3 Å². The van der Waals surface area contributed by atoms with Crippen molar-refractivity contribution in [3.63, 3.8) is 0 Å². The molecule has 4 rings (SSSR count). The maximum absolute atomic E-state index is 13.7. The van der Waals surface area contributed by atoms with E-state index in [1.54, 1.807) is 6.07 Å². The van der Waals surface area contributed by atoms with E-state index in [4.69, 9.17) is 22.7 Å². The summed E-state index contributed by atoms with van der Waals surface area (Å²) in [5.74, 6) is 2.21. The standard InChI is InChI=1S/C25H31Cl2FSi/c26-24-12-11-23(17-25(24)28)22-9-7-21(8-10-22)20-5-3-18(4-6-20)1-2-19-13-15-29(27)16-14-19/h7-12,17-20,29H,1-6,13-16H2. The third-order valence-corrected chi connectivity index (χ3v) is 10.8. The summed E-state index contributed by atoms with van der Waals surface area (Å²) in [5.41, 5.74) is 3.37. The molecule has 0 amide bonds. The zero-order chi connectivity index (χ0) is 20.2. The normalized spacial score (nSPS) is 27.7. The molecule has 1 aliphatic carbocycles. The van der Waals surface area contributed by atoms with Gasteiger partial charge in [0.2, 0.25) is 0 Å². The van der Waals surface area contributed by atoms with E-state index in [0.717, 1.165) is 23.0 Å². The first-order valence-electron chi connectivity index (χ1n) is 11.3. The minimum Gasteiger partial charge on any atom is -0.205 e. The summed E-state index contributed by atoms with van der Waals surface area (Å²) >= 11 is 12.2. The van der Waals surface area contributed by atoms with Gasteiger partial charge in [0, 0.05) is 0 Å². The second-order valence-corrected chi connectivity index (χ2v) is 13.8. The second-order valence-electron chi connectivity index (χ2n) is 9.16. The van der Waals surface area contributed by atoms with Gasteiger partial charge in [-0.1, -0.05) is 67.6 Å². The molecule has 1 heterocycles. The molecule has 1 saturated carbocycles. The molecule has 0 radical (unpaired) electrons. The summed E-state index contributed by atoms with van der Waals surface area (Å²) in [5, 5.41) is 0.177. The van der Waals surface area contributed by atoms with Crippen LogP contribution in [0.2, 0.25) is 17.1 Å². The lowest BCUT2D eigenvalue weighted by Gasteiger charge is -2.31. The molecule has 1 saturated heterocycles. The summed E-state index contributed by atoms with van der Waals surface area (Å²) < 4.78 is 13.7. The van der Waals surface area contributed by atoms with E-state index in [1.165, 1.54) is 75.1 Å². The summed E-state index contributed by atoms with van der Waals surface area (Å²) in [6, 6.07) is 16.5.